The number of aliphatic hydroxyl groups excluding tert-OH is 1. The number of rotatable bonds is 7. The van der Waals surface area contributed by atoms with Gasteiger partial charge in [-0.25, -0.2) is 8.42 Å². The van der Waals surface area contributed by atoms with Gasteiger partial charge in [-0.1, -0.05) is 29.8 Å². The van der Waals surface area contributed by atoms with E-state index in [0.717, 1.165) is 12.8 Å². The number of hydrogen-bond donors (Lipinski definition) is 2. The fourth-order valence-electron chi connectivity index (χ4n) is 1.85. The molecule has 1 aliphatic carbocycles. The summed E-state index contributed by atoms with van der Waals surface area (Å²) < 4.78 is 24.0. The molecular weight excluding hydrogens is 286 g/mol. The van der Waals surface area contributed by atoms with Crippen molar-refractivity contribution in [3.63, 3.8) is 0 Å². The monoisotopic (exact) mass is 303 g/mol. The van der Waals surface area contributed by atoms with E-state index in [4.69, 9.17) is 11.6 Å². The van der Waals surface area contributed by atoms with Crippen molar-refractivity contribution >= 4 is 21.4 Å². The molecule has 1 aromatic rings. The zero-order valence-electron chi connectivity index (χ0n) is 10.5. The molecule has 1 unspecified atom stereocenters. The zero-order chi connectivity index (χ0) is 13.9. The Morgan fingerprint density at radius 3 is 2.68 bits per heavy atom. The second-order valence-corrected chi connectivity index (χ2v) is 7.50. The first-order valence-electron chi connectivity index (χ1n) is 6.31. The van der Waals surface area contributed by atoms with Gasteiger partial charge in [0.2, 0.25) is 0 Å². The van der Waals surface area contributed by atoms with Gasteiger partial charge in [-0.3, -0.25) is 0 Å². The Balaban J connectivity index is 1.88. The van der Waals surface area contributed by atoms with Gasteiger partial charge >= 0.3 is 0 Å². The number of hydrogen-bond acceptors (Lipinski definition) is 4. The minimum atomic E-state index is -3.36. The number of halogens is 1. The van der Waals surface area contributed by atoms with Crippen LogP contribution >= 0.6 is 11.6 Å². The van der Waals surface area contributed by atoms with Gasteiger partial charge in [0.15, 0.2) is 9.84 Å². The molecule has 0 aromatic heterocycles. The Bertz CT molecular complexity index is 528. The predicted octanol–water partition coefficient (Wildman–Crippen LogP) is 1.37. The van der Waals surface area contributed by atoms with Crippen LogP contribution in [0.4, 0.5) is 0 Å². The summed E-state index contributed by atoms with van der Waals surface area (Å²) in [6, 6.07) is 7.32. The Labute approximate surface area is 118 Å². The van der Waals surface area contributed by atoms with Crippen LogP contribution in [0.5, 0.6) is 0 Å². The van der Waals surface area contributed by atoms with Crippen molar-refractivity contribution in [1.82, 2.24) is 5.32 Å². The molecule has 2 N–H and O–H groups in total. The number of benzene rings is 1. The van der Waals surface area contributed by atoms with Crippen LogP contribution in [-0.2, 0) is 15.6 Å². The van der Waals surface area contributed by atoms with E-state index < -0.39 is 15.9 Å². The first-order valence-corrected chi connectivity index (χ1v) is 8.51. The van der Waals surface area contributed by atoms with Gasteiger partial charge in [-0.15, -0.1) is 0 Å². The summed E-state index contributed by atoms with van der Waals surface area (Å²) in [7, 11) is -3.36. The average Bonchev–Trinajstić information content (AvgIpc) is 3.12. The van der Waals surface area contributed by atoms with Crippen LogP contribution in [0.1, 0.15) is 18.4 Å². The SMILES string of the molecule is O=S(=O)(Cc1ccccc1Cl)CC(O)CNC1CC1. The third kappa shape index (κ3) is 5.10. The summed E-state index contributed by atoms with van der Waals surface area (Å²) in [4.78, 5) is 0. The molecule has 1 fully saturated rings. The predicted molar refractivity (Wildman–Crippen MR) is 76.0 cm³/mol. The van der Waals surface area contributed by atoms with Crippen molar-refractivity contribution in [3.05, 3.63) is 34.9 Å². The lowest BCUT2D eigenvalue weighted by atomic mass is 10.2. The summed E-state index contributed by atoms with van der Waals surface area (Å²) in [5.41, 5.74) is 0.575. The van der Waals surface area contributed by atoms with Crippen molar-refractivity contribution < 1.29 is 13.5 Å². The van der Waals surface area contributed by atoms with Gasteiger partial charge in [-0.05, 0) is 24.5 Å². The van der Waals surface area contributed by atoms with Crippen LogP contribution in [-0.4, -0.2) is 38.0 Å². The molecule has 1 atom stereocenters. The van der Waals surface area contributed by atoms with Crippen LogP contribution < -0.4 is 5.32 Å². The van der Waals surface area contributed by atoms with E-state index in [1.165, 1.54) is 0 Å². The Morgan fingerprint density at radius 1 is 1.37 bits per heavy atom. The molecule has 1 aromatic carbocycles. The fourth-order valence-corrected chi connectivity index (χ4v) is 3.68. The van der Waals surface area contributed by atoms with Crippen LogP contribution in [0.3, 0.4) is 0 Å². The molecule has 106 valence electrons. The highest BCUT2D eigenvalue weighted by atomic mass is 35.5. The molecule has 19 heavy (non-hydrogen) atoms. The molecule has 0 spiro atoms. The molecular formula is C13H18ClNO3S. The van der Waals surface area contributed by atoms with Gasteiger partial charge in [0.1, 0.15) is 0 Å². The first kappa shape index (κ1) is 14.8. The molecule has 0 heterocycles. The molecule has 0 amide bonds. The van der Waals surface area contributed by atoms with E-state index >= 15 is 0 Å². The van der Waals surface area contributed by atoms with Crippen LogP contribution in [0.15, 0.2) is 24.3 Å². The van der Waals surface area contributed by atoms with Crippen molar-refractivity contribution in [3.8, 4) is 0 Å². The van der Waals surface area contributed by atoms with Crippen LogP contribution in [0, 0.1) is 0 Å². The van der Waals surface area contributed by atoms with Crippen molar-refractivity contribution in [2.45, 2.75) is 30.7 Å². The molecule has 0 saturated heterocycles. The topological polar surface area (TPSA) is 66.4 Å². The zero-order valence-corrected chi connectivity index (χ0v) is 12.1. The third-order valence-electron chi connectivity index (χ3n) is 3.00. The van der Waals surface area contributed by atoms with E-state index in [-0.39, 0.29) is 11.5 Å². The molecule has 0 radical (unpaired) electrons. The number of aliphatic hydroxyl groups is 1. The smallest absolute Gasteiger partial charge is 0.157 e. The summed E-state index contributed by atoms with van der Waals surface area (Å²) in [6.07, 6.45) is 1.35. The normalized spacial score (nSPS) is 17.4. The molecule has 0 bridgehead atoms. The standard InChI is InChI=1S/C13H18ClNO3S/c14-13-4-2-1-3-10(13)8-19(17,18)9-12(16)7-15-11-5-6-11/h1-4,11-12,15-16H,5-9H2. The molecule has 1 saturated carbocycles. The maximum absolute atomic E-state index is 12.0. The van der Waals surface area contributed by atoms with E-state index in [9.17, 15) is 13.5 Å². The molecule has 1 aliphatic rings. The minimum absolute atomic E-state index is 0.132. The maximum Gasteiger partial charge on any atom is 0.157 e. The van der Waals surface area contributed by atoms with Gasteiger partial charge in [0.25, 0.3) is 0 Å². The van der Waals surface area contributed by atoms with Crippen molar-refractivity contribution in [1.29, 1.82) is 0 Å². The van der Waals surface area contributed by atoms with Crippen LogP contribution in [0.25, 0.3) is 0 Å². The second-order valence-electron chi connectivity index (χ2n) is 4.98. The largest absolute Gasteiger partial charge is 0.391 e. The quantitative estimate of drug-likeness (QED) is 0.798. The van der Waals surface area contributed by atoms with E-state index in [1.807, 2.05) is 0 Å². The summed E-state index contributed by atoms with van der Waals surface area (Å²) in [6.45, 7) is 0.326. The Hall–Kier alpha value is -0.620. The number of sulfone groups is 1. The van der Waals surface area contributed by atoms with Crippen LogP contribution in [0.2, 0.25) is 5.02 Å². The third-order valence-corrected chi connectivity index (χ3v) is 5.01. The lowest BCUT2D eigenvalue weighted by Gasteiger charge is -2.12. The van der Waals surface area contributed by atoms with Gasteiger partial charge in [0.05, 0.1) is 17.6 Å². The fraction of sp³-hybridized carbons (Fsp3) is 0.538. The lowest BCUT2D eigenvalue weighted by molar-refractivity contribution is 0.193. The molecule has 0 aliphatic heterocycles. The Morgan fingerprint density at radius 2 is 2.05 bits per heavy atom. The van der Waals surface area contributed by atoms with E-state index in [0.29, 0.717) is 23.2 Å². The minimum Gasteiger partial charge on any atom is -0.391 e. The van der Waals surface area contributed by atoms with Crippen molar-refractivity contribution in [2.24, 2.45) is 0 Å². The maximum atomic E-state index is 12.0. The summed E-state index contributed by atoms with van der Waals surface area (Å²) >= 11 is 5.94. The van der Waals surface area contributed by atoms with E-state index in [2.05, 4.69) is 5.32 Å². The summed E-state index contributed by atoms with van der Waals surface area (Å²) in [5.74, 6) is -0.370. The molecule has 6 heteroatoms. The van der Waals surface area contributed by atoms with Gasteiger partial charge < -0.3 is 10.4 Å². The van der Waals surface area contributed by atoms with Crippen molar-refractivity contribution in [2.75, 3.05) is 12.3 Å². The highest BCUT2D eigenvalue weighted by Crippen LogP contribution is 2.19. The van der Waals surface area contributed by atoms with Gasteiger partial charge in [0, 0.05) is 17.6 Å². The highest BCUT2D eigenvalue weighted by Gasteiger charge is 2.24. The van der Waals surface area contributed by atoms with Gasteiger partial charge in [-0.2, -0.15) is 0 Å². The first-order chi connectivity index (χ1) is 8.96. The molecule has 4 nitrogen and oxygen atoms in total. The highest BCUT2D eigenvalue weighted by molar-refractivity contribution is 7.90. The lowest BCUT2D eigenvalue weighted by Crippen LogP contribution is -2.34. The average molecular weight is 304 g/mol. The molecule has 2 rings (SSSR count). The second kappa shape index (κ2) is 6.22. The Kier molecular flexibility index (Phi) is 4.84. The van der Waals surface area contributed by atoms with E-state index in [1.54, 1.807) is 24.3 Å². The summed E-state index contributed by atoms with van der Waals surface area (Å²) in [5, 5.41) is 13.3. The number of nitrogens with one attached hydrogen (secondary N) is 1.